The number of hydrogen-bond donors (Lipinski definition) is 2. The van der Waals surface area contributed by atoms with Gasteiger partial charge < -0.3 is 15.2 Å². The zero-order chi connectivity index (χ0) is 17.0. The first-order chi connectivity index (χ1) is 10.8. The molecule has 0 radical (unpaired) electrons. The van der Waals surface area contributed by atoms with Crippen molar-refractivity contribution in [1.82, 2.24) is 4.90 Å². The fraction of sp³-hybridized carbons (Fsp3) is 0.562. The van der Waals surface area contributed by atoms with Crippen molar-refractivity contribution in [1.29, 1.82) is 0 Å². The molecule has 1 aromatic rings. The first-order valence-corrected chi connectivity index (χ1v) is 7.57. The van der Waals surface area contributed by atoms with E-state index in [2.05, 4.69) is 10.1 Å². The number of ether oxygens (including phenoxy) is 1. The lowest BCUT2D eigenvalue weighted by Crippen LogP contribution is -2.48. The van der Waals surface area contributed by atoms with Crippen molar-refractivity contribution in [3.05, 3.63) is 24.3 Å². The van der Waals surface area contributed by atoms with E-state index in [1.54, 1.807) is 26.0 Å². The number of rotatable bonds is 6. The predicted octanol–water partition coefficient (Wildman–Crippen LogP) is 2.46. The van der Waals surface area contributed by atoms with E-state index >= 15 is 0 Å². The summed E-state index contributed by atoms with van der Waals surface area (Å²) in [5.41, 5.74) is -0.690. The molecule has 1 amide bonds. The van der Waals surface area contributed by atoms with E-state index in [0.717, 1.165) is 19.4 Å². The number of likely N-dealkylation sites (tertiary alicyclic amines) is 1. The van der Waals surface area contributed by atoms with Gasteiger partial charge in [-0.15, -0.1) is 0 Å². The predicted molar refractivity (Wildman–Crippen MR) is 82.6 cm³/mol. The summed E-state index contributed by atoms with van der Waals surface area (Å²) >= 11 is 0. The van der Waals surface area contributed by atoms with Crippen LogP contribution in [0.4, 0.5) is 14.5 Å². The molecule has 5 nitrogen and oxygen atoms in total. The Morgan fingerprint density at radius 3 is 2.83 bits per heavy atom. The van der Waals surface area contributed by atoms with Gasteiger partial charge in [0.15, 0.2) is 0 Å². The summed E-state index contributed by atoms with van der Waals surface area (Å²) in [4.78, 5) is 14.1. The SMILES string of the molecule is CC(C)(O)C1CCCN1CC(=O)Nc1ccccc1OC(F)F. The highest BCUT2D eigenvalue weighted by Crippen LogP contribution is 2.28. The summed E-state index contributed by atoms with van der Waals surface area (Å²) in [6.45, 7) is 1.31. The van der Waals surface area contributed by atoms with Crippen molar-refractivity contribution in [3.63, 3.8) is 0 Å². The van der Waals surface area contributed by atoms with Crippen LogP contribution in [0.15, 0.2) is 24.3 Å². The third-order valence-electron chi connectivity index (χ3n) is 3.90. The minimum atomic E-state index is -2.95. The normalized spacial score (nSPS) is 19.1. The van der Waals surface area contributed by atoms with E-state index in [1.165, 1.54) is 12.1 Å². The molecule has 23 heavy (non-hydrogen) atoms. The molecule has 0 saturated carbocycles. The summed E-state index contributed by atoms with van der Waals surface area (Å²) < 4.78 is 29.1. The summed E-state index contributed by atoms with van der Waals surface area (Å²) in [5.74, 6) is -0.400. The summed E-state index contributed by atoms with van der Waals surface area (Å²) in [6.07, 6.45) is 1.73. The van der Waals surface area contributed by atoms with Gasteiger partial charge >= 0.3 is 6.61 Å². The number of para-hydroxylation sites is 2. The third kappa shape index (κ3) is 4.87. The zero-order valence-corrected chi connectivity index (χ0v) is 13.3. The molecule has 2 N–H and O–H groups in total. The van der Waals surface area contributed by atoms with Crippen LogP contribution < -0.4 is 10.1 Å². The first-order valence-electron chi connectivity index (χ1n) is 7.57. The van der Waals surface area contributed by atoms with Crippen LogP contribution in [-0.4, -0.2) is 47.3 Å². The molecule has 2 rings (SSSR count). The number of nitrogens with zero attached hydrogens (tertiary/aromatic N) is 1. The lowest BCUT2D eigenvalue weighted by Gasteiger charge is -2.33. The van der Waals surface area contributed by atoms with Crippen LogP contribution in [0.25, 0.3) is 0 Å². The lowest BCUT2D eigenvalue weighted by atomic mass is 9.97. The molecular weight excluding hydrogens is 306 g/mol. The molecule has 1 fully saturated rings. The number of halogens is 2. The quantitative estimate of drug-likeness (QED) is 0.842. The highest BCUT2D eigenvalue weighted by molar-refractivity contribution is 5.93. The monoisotopic (exact) mass is 328 g/mol. The van der Waals surface area contributed by atoms with Gasteiger partial charge in [-0.05, 0) is 45.4 Å². The number of benzene rings is 1. The van der Waals surface area contributed by atoms with Gasteiger partial charge in [0.1, 0.15) is 5.75 Å². The molecule has 1 heterocycles. The fourth-order valence-electron chi connectivity index (χ4n) is 2.96. The van der Waals surface area contributed by atoms with E-state index in [0.29, 0.717) is 0 Å². The maximum Gasteiger partial charge on any atom is 0.387 e. The molecule has 0 aliphatic carbocycles. The Kier molecular flexibility index (Phi) is 5.54. The van der Waals surface area contributed by atoms with E-state index < -0.39 is 12.2 Å². The minimum Gasteiger partial charge on any atom is -0.433 e. The largest absolute Gasteiger partial charge is 0.433 e. The summed E-state index contributed by atoms with van der Waals surface area (Å²) in [7, 11) is 0. The minimum absolute atomic E-state index is 0.0729. The molecule has 128 valence electrons. The van der Waals surface area contributed by atoms with Crippen LogP contribution in [0, 0.1) is 0 Å². The number of nitrogens with one attached hydrogen (secondary N) is 1. The number of carbonyl (C=O) groups excluding carboxylic acids is 1. The Balaban J connectivity index is 2.00. The molecule has 1 aromatic carbocycles. The van der Waals surface area contributed by atoms with E-state index in [-0.39, 0.29) is 29.9 Å². The standard InChI is InChI=1S/C16H22F2N2O3/c1-16(2,22)13-8-5-9-20(13)10-14(21)19-11-6-3-4-7-12(11)23-15(17)18/h3-4,6-7,13,15,22H,5,8-10H2,1-2H3,(H,19,21). The molecule has 7 heteroatoms. The molecule has 0 aromatic heterocycles. The molecule has 1 saturated heterocycles. The number of carbonyl (C=O) groups is 1. The summed E-state index contributed by atoms with van der Waals surface area (Å²) in [6, 6.07) is 5.96. The van der Waals surface area contributed by atoms with Gasteiger partial charge in [-0.2, -0.15) is 8.78 Å². The van der Waals surface area contributed by atoms with Crippen LogP contribution in [0.5, 0.6) is 5.75 Å². The molecule has 1 aliphatic rings. The topological polar surface area (TPSA) is 61.8 Å². The van der Waals surface area contributed by atoms with Crippen LogP contribution in [-0.2, 0) is 4.79 Å². The van der Waals surface area contributed by atoms with Crippen molar-refractivity contribution in [2.45, 2.75) is 44.9 Å². The Labute approximate surface area is 134 Å². The molecule has 0 spiro atoms. The molecule has 1 atom stereocenters. The Morgan fingerprint density at radius 2 is 2.17 bits per heavy atom. The second-order valence-electron chi connectivity index (χ2n) is 6.21. The number of amides is 1. The van der Waals surface area contributed by atoms with Crippen molar-refractivity contribution >= 4 is 11.6 Å². The van der Waals surface area contributed by atoms with Gasteiger partial charge in [0.25, 0.3) is 0 Å². The van der Waals surface area contributed by atoms with E-state index in [4.69, 9.17) is 0 Å². The Hall–Kier alpha value is -1.73. The van der Waals surface area contributed by atoms with Gasteiger partial charge in [0, 0.05) is 6.04 Å². The maximum absolute atomic E-state index is 12.4. The van der Waals surface area contributed by atoms with Crippen molar-refractivity contribution in [2.75, 3.05) is 18.4 Å². The Morgan fingerprint density at radius 1 is 1.48 bits per heavy atom. The first kappa shape index (κ1) is 17.6. The second kappa shape index (κ2) is 7.23. The van der Waals surface area contributed by atoms with Crippen molar-refractivity contribution < 1.29 is 23.4 Å². The van der Waals surface area contributed by atoms with Gasteiger partial charge in [0.05, 0.1) is 17.8 Å². The van der Waals surface area contributed by atoms with Crippen molar-refractivity contribution in [2.24, 2.45) is 0 Å². The van der Waals surface area contributed by atoms with Gasteiger partial charge in [0.2, 0.25) is 5.91 Å². The smallest absolute Gasteiger partial charge is 0.387 e. The molecule has 1 aliphatic heterocycles. The van der Waals surface area contributed by atoms with Crippen molar-refractivity contribution in [3.8, 4) is 5.75 Å². The van der Waals surface area contributed by atoms with E-state index in [9.17, 15) is 18.7 Å². The van der Waals surface area contributed by atoms with Crippen LogP contribution in [0.3, 0.4) is 0 Å². The number of anilines is 1. The second-order valence-corrected chi connectivity index (χ2v) is 6.21. The third-order valence-corrected chi connectivity index (χ3v) is 3.90. The van der Waals surface area contributed by atoms with Crippen LogP contribution in [0.2, 0.25) is 0 Å². The van der Waals surface area contributed by atoms with Gasteiger partial charge in [-0.3, -0.25) is 9.69 Å². The highest BCUT2D eigenvalue weighted by atomic mass is 19.3. The van der Waals surface area contributed by atoms with Crippen LogP contribution >= 0.6 is 0 Å². The number of aliphatic hydroxyl groups is 1. The molecule has 0 bridgehead atoms. The fourth-order valence-corrected chi connectivity index (χ4v) is 2.96. The molecule has 1 unspecified atom stereocenters. The summed E-state index contributed by atoms with van der Waals surface area (Å²) in [5, 5.41) is 12.8. The number of hydrogen-bond acceptors (Lipinski definition) is 4. The Bertz CT molecular complexity index is 546. The number of alkyl halides is 2. The van der Waals surface area contributed by atoms with Gasteiger partial charge in [-0.1, -0.05) is 12.1 Å². The lowest BCUT2D eigenvalue weighted by molar-refractivity contribution is -0.118. The van der Waals surface area contributed by atoms with Gasteiger partial charge in [-0.25, -0.2) is 0 Å². The van der Waals surface area contributed by atoms with E-state index in [1.807, 2.05) is 4.90 Å². The average molecular weight is 328 g/mol. The zero-order valence-electron chi connectivity index (χ0n) is 13.3. The molecular formula is C16H22F2N2O3. The van der Waals surface area contributed by atoms with Crippen LogP contribution in [0.1, 0.15) is 26.7 Å². The average Bonchev–Trinajstić information content (AvgIpc) is 2.88. The highest BCUT2D eigenvalue weighted by Gasteiger charge is 2.36. The maximum atomic E-state index is 12.4.